The van der Waals surface area contributed by atoms with Crippen molar-refractivity contribution in [2.45, 2.75) is 50.6 Å². The molecule has 2 aliphatic heterocycles. The number of amides is 1. The predicted octanol–water partition coefficient (Wildman–Crippen LogP) is 2.73. The Kier molecular flexibility index (Phi) is 7.49. The maximum Gasteiger partial charge on any atom is 0.266 e. The molecule has 2 aliphatic rings. The van der Waals surface area contributed by atoms with E-state index in [0.717, 1.165) is 25.5 Å². The molecule has 33 heavy (non-hydrogen) atoms. The lowest BCUT2D eigenvalue weighted by Gasteiger charge is -2.23. The Morgan fingerprint density at radius 1 is 1.12 bits per heavy atom. The molecule has 11 heteroatoms. The Hall–Kier alpha value is -2.66. The van der Waals surface area contributed by atoms with Crippen molar-refractivity contribution in [3.05, 3.63) is 41.0 Å². The van der Waals surface area contributed by atoms with E-state index in [0.29, 0.717) is 50.6 Å². The fourth-order valence-corrected chi connectivity index (χ4v) is 4.30. The van der Waals surface area contributed by atoms with Gasteiger partial charge >= 0.3 is 0 Å². The van der Waals surface area contributed by atoms with Gasteiger partial charge in [0.15, 0.2) is 11.6 Å². The maximum absolute atomic E-state index is 13.8. The van der Waals surface area contributed by atoms with Crippen LogP contribution in [0.1, 0.15) is 49.6 Å². The molecule has 1 aromatic heterocycles. The lowest BCUT2D eigenvalue weighted by molar-refractivity contribution is -0.133. The Morgan fingerprint density at radius 2 is 1.94 bits per heavy atom. The number of carbonyl (C=O) groups is 1. The van der Waals surface area contributed by atoms with Crippen molar-refractivity contribution in [1.82, 2.24) is 15.0 Å². The molecule has 0 saturated carbocycles. The van der Waals surface area contributed by atoms with Gasteiger partial charge in [0.25, 0.3) is 11.8 Å². The highest BCUT2D eigenvalue weighted by Gasteiger charge is 2.35. The average molecular weight is 467 g/mol. The molecule has 0 spiro atoms. The van der Waals surface area contributed by atoms with Gasteiger partial charge in [-0.1, -0.05) is 0 Å². The summed E-state index contributed by atoms with van der Waals surface area (Å²) in [5, 5.41) is 4.09. The molecule has 2 saturated heterocycles. The molecule has 0 aliphatic carbocycles. The first-order chi connectivity index (χ1) is 15.9. The Morgan fingerprint density at radius 3 is 2.79 bits per heavy atom. The largest absolute Gasteiger partial charge is 0.380 e. The van der Waals surface area contributed by atoms with Crippen molar-refractivity contribution >= 4 is 11.9 Å². The third kappa shape index (κ3) is 5.64. The number of rotatable bonds is 7. The fourth-order valence-electron chi connectivity index (χ4n) is 4.30. The standard InChI is InChI=1S/C22H28F3N5O3/c23-16-13-18(25)17(24)11-14(16)4-5-15(26)12-20(31)30-7-1-3-19(30)21-27-22(28-33-21)29-6-2-9-32-10-8-29/h11,13,15,19H,1-10,12,26H2/t15?,19-/m0/s1. The first-order valence-electron chi connectivity index (χ1n) is 11.3. The van der Waals surface area contributed by atoms with E-state index >= 15 is 0 Å². The number of benzene rings is 1. The number of likely N-dealkylation sites (tertiary alicyclic amines) is 1. The van der Waals surface area contributed by atoms with Gasteiger partial charge in [0.05, 0.1) is 6.61 Å². The summed E-state index contributed by atoms with van der Waals surface area (Å²) in [6.07, 6.45) is 2.81. The highest BCUT2D eigenvalue weighted by molar-refractivity contribution is 5.77. The Balaban J connectivity index is 1.33. The summed E-state index contributed by atoms with van der Waals surface area (Å²) in [4.78, 5) is 21.1. The van der Waals surface area contributed by atoms with Crippen molar-refractivity contribution in [2.24, 2.45) is 5.73 Å². The van der Waals surface area contributed by atoms with Gasteiger partial charge < -0.3 is 24.8 Å². The lowest BCUT2D eigenvalue weighted by Crippen LogP contribution is -2.36. The van der Waals surface area contributed by atoms with Crippen molar-refractivity contribution in [2.75, 3.05) is 37.7 Å². The minimum Gasteiger partial charge on any atom is -0.380 e. The van der Waals surface area contributed by atoms with Crippen LogP contribution < -0.4 is 10.6 Å². The third-order valence-corrected chi connectivity index (χ3v) is 6.10. The zero-order valence-electron chi connectivity index (χ0n) is 18.3. The van der Waals surface area contributed by atoms with E-state index in [1.54, 1.807) is 4.90 Å². The number of ether oxygens (including phenoxy) is 1. The quantitative estimate of drug-likeness (QED) is 0.626. The van der Waals surface area contributed by atoms with Crippen molar-refractivity contribution in [3.8, 4) is 0 Å². The van der Waals surface area contributed by atoms with Gasteiger partial charge in [-0.15, -0.1) is 0 Å². The van der Waals surface area contributed by atoms with Crippen LogP contribution in [0, 0.1) is 17.5 Å². The third-order valence-electron chi connectivity index (χ3n) is 6.10. The van der Waals surface area contributed by atoms with Crippen molar-refractivity contribution in [3.63, 3.8) is 0 Å². The molecular weight excluding hydrogens is 439 g/mol. The van der Waals surface area contributed by atoms with Crippen LogP contribution in [0.5, 0.6) is 0 Å². The summed E-state index contributed by atoms with van der Waals surface area (Å²) in [5.41, 5.74) is 6.14. The van der Waals surface area contributed by atoms with E-state index in [9.17, 15) is 18.0 Å². The number of anilines is 1. The van der Waals surface area contributed by atoms with E-state index in [1.165, 1.54) is 0 Å². The van der Waals surface area contributed by atoms with Crippen LogP contribution in [0.4, 0.5) is 19.1 Å². The molecule has 3 heterocycles. The van der Waals surface area contributed by atoms with Crippen LogP contribution in [0.25, 0.3) is 0 Å². The summed E-state index contributed by atoms with van der Waals surface area (Å²) in [6, 6.07) is 0.492. The number of nitrogens with zero attached hydrogens (tertiary/aromatic N) is 4. The van der Waals surface area contributed by atoms with Gasteiger partial charge in [-0.2, -0.15) is 4.98 Å². The van der Waals surface area contributed by atoms with Gasteiger partial charge in [-0.05, 0) is 48.9 Å². The van der Waals surface area contributed by atoms with Gasteiger partial charge in [0, 0.05) is 44.8 Å². The highest BCUT2D eigenvalue weighted by atomic mass is 19.2. The van der Waals surface area contributed by atoms with Crippen LogP contribution in [0.2, 0.25) is 0 Å². The fraction of sp³-hybridized carbons (Fsp3) is 0.591. The molecule has 8 nitrogen and oxygen atoms in total. The maximum atomic E-state index is 13.8. The zero-order valence-corrected chi connectivity index (χ0v) is 18.3. The molecule has 0 bridgehead atoms. The van der Waals surface area contributed by atoms with Gasteiger partial charge in [-0.25, -0.2) is 13.2 Å². The smallest absolute Gasteiger partial charge is 0.266 e. The molecule has 1 aromatic carbocycles. The summed E-state index contributed by atoms with van der Waals surface area (Å²) in [6.45, 7) is 3.32. The molecule has 180 valence electrons. The highest BCUT2D eigenvalue weighted by Crippen LogP contribution is 2.32. The molecule has 2 atom stereocenters. The summed E-state index contributed by atoms with van der Waals surface area (Å²) < 4.78 is 51.2. The van der Waals surface area contributed by atoms with Crippen molar-refractivity contribution in [1.29, 1.82) is 0 Å². The molecule has 1 unspecified atom stereocenters. The molecule has 2 aromatic rings. The monoisotopic (exact) mass is 467 g/mol. The van der Waals surface area contributed by atoms with Crippen LogP contribution in [-0.2, 0) is 16.0 Å². The second kappa shape index (κ2) is 10.5. The summed E-state index contributed by atoms with van der Waals surface area (Å²) in [7, 11) is 0. The molecule has 4 rings (SSSR count). The minimum absolute atomic E-state index is 0.0353. The zero-order chi connectivity index (χ0) is 23.4. The first-order valence-corrected chi connectivity index (χ1v) is 11.3. The second-order valence-electron chi connectivity index (χ2n) is 8.49. The van der Waals surface area contributed by atoms with Crippen LogP contribution in [0.3, 0.4) is 0 Å². The number of hydrogen-bond donors (Lipinski definition) is 1. The Bertz CT molecular complexity index is 965. The van der Waals surface area contributed by atoms with Gasteiger partial charge in [-0.3, -0.25) is 4.79 Å². The van der Waals surface area contributed by atoms with E-state index in [4.69, 9.17) is 15.0 Å². The summed E-state index contributed by atoms with van der Waals surface area (Å²) >= 11 is 0. The number of aromatic nitrogens is 2. The second-order valence-corrected chi connectivity index (χ2v) is 8.49. The van der Waals surface area contributed by atoms with E-state index in [2.05, 4.69) is 10.1 Å². The number of carbonyl (C=O) groups excluding carboxylic acids is 1. The lowest BCUT2D eigenvalue weighted by atomic mass is 10.0. The van der Waals surface area contributed by atoms with Crippen LogP contribution in [0.15, 0.2) is 16.7 Å². The van der Waals surface area contributed by atoms with E-state index < -0.39 is 23.5 Å². The SMILES string of the molecule is NC(CCc1cc(F)c(F)cc1F)CC(=O)N1CCC[C@H]1c1nc(N2CCCOCC2)no1. The van der Waals surface area contributed by atoms with Crippen LogP contribution >= 0.6 is 0 Å². The Labute approximate surface area is 189 Å². The molecule has 0 radical (unpaired) electrons. The minimum atomic E-state index is -1.23. The first kappa shape index (κ1) is 23.5. The summed E-state index contributed by atoms with van der Waals surface area (Å²) in [5.74, 6) is -2.42. The van der Waals surface area contributed by atoms with Crippen molar-refractivity contribution < 1.29 is 27.2 Å². The van der Waals surface area contributed by atoms with E-state index in [-0.39, 0.29) is 36.8 Å². The normalized spacial score (nSPS) is 20.2. The average Bonchev–Trinajstić information content (AvgIpc) is 3.39. The molecule has 2 fully saturated rings. The molecular formula is C22H28F3N5O3. The van der Waals surface area contributed by atoms with Gasteiger partial charge in [0.2, 0.25) is 5.91 Å². The number of nitrogens with two attached hydrogens (primary N) is 1. The van der Waals surface area contributed by atoms with Gasteiger partial charge in [0.1, 0.15) is 11.9 Å². The predicted molar refractivity (Wildman–Crippen MR) is 113 cm³/mol. The number of halogens is 3. The van der Waals surface area contributed by atoms with E-state index in [1.807, 2.05) is 4.90 Å². The molecule has 1 amide bonds. The topological polar surface area (TPSA) is 97.7 Å². The molecule has 2 N–H and O–H groups in total. The van der Waals surface area contributed by atoms with Crippen LogP contribution in [-0.4, -0.2) is 59.8 Å². The number of hydrogen-bond acceptors (Lipinski definition) is 7. The number of aryl methyl sites for hydroxylation is 1.